The lowest BCUT2D eigenvalue weighted by Gasteiger charge is -2.25. The highest BCUT2D eigenvalue weighted by molar-refractivity contribution is 5.94. The Morgan fingerprint density at radius 2 is 2.26 bits per heavy atom. The summed E-state index contributed by atoms with van der Waals surface area (Å²) in [5, 5.41) is 3.02. The van der Waals surface area contributed by atoms with Crippen LogP contribution in [0.4, 0.5) is 0 Å². The van der Waals surface area contributed by atoms with E-state index >= 15 is 0 Å². The van der Waals surface area contributed by atoms with Crippen molar-refractivity contribution in [3.63, 3.8) is 0 Å². The molecule has 2 aromatic rings. The molecule has 1 aliphatic rings. The zero-order valence-corrected chi connectivity index (χ0v) is 13.0. The van der Waals surface area contributed by atoms with E-state index in [1.165, 1.54) is 12.3 Å². The van der Waals surface area contributed by atoms with Crippen LogP contribution in [0.3, 0.4) is 0 Å². The van der Waals surface area contributed by atoms with Crippen LogP contribution in [0.5, 0.6) is 5.88 Å². The van der Waals surface area contributed by atoms with Gasteiger partial charge in [0.25, 0.3) is 5.91 Å². The zero-order valence-electron chi connectivity index (χ0n) is 13.0. The van der Waals surface area contributed by atoms with E-state index in [1.807, 2.05) is 6.92 Å². The monoisotopic (exact) mass is 313 g/mol. The summed E-state index contributed by atoms with van der Waals surface area (Å²) in [5.41, 5.74) is 2.29. The lowest BCUT2D eigenvalue weighted by Crippen LogP contribution is -2.32. The molecule has 0 radical (unpaired) electrons. The molecule has 1 unspecified atom stereocenters. The summed E-state index contributed by atoms with van der Waals surface area (Å²) in [6.45, 7) is 2.42. The van der Waals surface area contributed by atoms with Crippen molar-refractivity contribution in [1.82, 2.24) is 15.3 Å². The molecule has 0 spiro atoms. The van der Waals surface area contributed by atoms with Crippen molar-refractivity contribution in [2.24, 2.45) is 0 Å². The van der Waals surface area contributed by atoms with Crippen molar-refractivity contribution < 1.29 is 9.53 Å². The molecule has 3 rings (SSSR count). The highest BCUT2D eigenvalue weighted by Crippen LogP contribution is 2.27. The summed E-state index contributed by atoms with van der Waals surface area (Å²) in [6, 6.07) is 6.60. The standard InChI is InChI=1S/C17H19N3O3/c1-2-23-16-9-6-11(10-18-16)17(22)20-14-5-3-4-13-12(14)7-8-15(21)19-13/h6-10,14H,2-5H2,1H3,(H,19,21)(H,20,22). The smallest absolute Gasteiger partial charge is 0.253 e. The van der Waals surface area contributed by atoms with Crippen LogP contribution in [0.2, 0.25) is 0 Å². The van der Waals surface area contributed by atoms with Crippen LogP contribution in [0.15, 0.2) is 35.3 Å². The summed E-state index contributed by atoms with van der Waals surface area (Å²) in [7, 11) is 0. The largest absolute Gasteiger partial charge is 0.478 e. The minimum atomic E-state index is -0.176. The minimum Gasteiger partial charge on any atom is -0.478 e. The van der Waals surface area contributed by atoms with Gasteiger partial charge in [-0.15, -0.1) is 0 Å². The van der Waals surface area contributed by atoms with E-state index in [0.29, 0.717) is 18.1 Å². The molecule has 23 heavy (non-hydrogen) atoms. The number of aryl methyl sites for hydroxylation is 1. The third kappa shape index (κ3) is 3.41. The van der Waals surface area contributed by atoms with E-state index < -0.39 is 0 Å². The lowest BCUT2D eigenvalue weighted by atomic mass is 9.91. The number of nitrogens with zero attached hydrogens (tertiary/aromatic N) is 1. The van der Waals surface area contributed by atoms with Crippen molar-refractivity contribution in [3.8, 4) is 5.88 Å². The third-order valence-electron chi connectivity index (χ3n) is 3.93. The number of hydrogen-bond donors (Lipinski definition) is 2. The number of aromatic nitrogens is 2. The number of rotatable bonds is 4. The molecule has 0 saturated carbocycles. The van der Waals surface area contributed by atoms with E-state index in [2.05, 4.69) is 15.3 Å². The van der Waals surface area contributed by atoms with Gasteiger partial charge in [0, 0.05) is 24.0 Å². The summed E-state index contributed by atoms with van der Waals surface area (Å²) in [4.78, 5) is 30.8. The highest BCUT2D eigenvalue weighted by atomic mass is 16.5. The summed E-state index contributed by atoms with van der Waals surface area (Å²) in [5.74, 6) is 0.328. The Hall–Kier alpha value is -2.63. The van der Waals surface area contributed by atoms with E-state index in [9.17, 15) is 9.59 Å². The van der Waals surface area contributed by atoms with Crippen LogP contribution in [-0.4, -0.2) is 22.5 Å². The van der Waals surface area contributed by atoms with Crippen molar-refractivity contribution in [3.05, 3.63) is 57.6 Å². The number of nitrogens with one attached hydrogen (secondary N) is 2. The van der Waals surface area contributed by atoms with Crippen LogP contribution >= 0.6 is 0 Å². The van der Waals surface area contributed by atoms with Gasteiger partial charge in [0.15, 0.2) is 0 Å². The first-order valence-electron chi connectivity index (χ1n) is 7.79. The summed E-state index contributed by atoms with van der Waals surface area (Å²) >= 11 is 0. The van der Waals surface area contributed by atoms with Gasteiger partial charge in [0.05, 0.1) is 18.2 Å². The number of hydrogen-bond acceptors (Lipinski definition) is 4. The summed E-state index contributed by atoms with van der Waals surface area (Å²) in [6.07, 6.45) is 4.13. The number of amides is 1. The second kappa shape index (κ2) is 6.64. The maximum Gasteiger partial charge on any atom is 0.253 e. The molecule has 1 aliphatic carbocycles. The Labute approximate surface area is 133 Å². The number of carbonyl (C=O) groups excluding carboxylic acids is 1. The van der Waals surface area contributed by atoms with E-state index in [1.54, 1.807) is 18.2 Å². The normalized spacial score (nSPS) is 16.5. The van der Waals surface area contributed by atoms with Gasteiger partial charge in [0.1, 0.15) is 0 Å². The van der Waals surface area contributed by atoms with Gasteiger partial charge in [-0.2, -0.15) is 0 Å². The van der Waals surface area contributed by atoms with Gasteiger partial charge in [-0.05, 0) is 43.9 Å². The molecule has 2 aromatic heterocycles. The van der Waals surface area contributed by atoms with Crippen LogP contribution in [0.25, 0.3) is 0 Å². The molecule has 1 amide bonds. The van der Waals surface area contributed by atoms with Crippen molar-refractivity contribution in [2.75, 3.05) is 6.61 Å². The van der Waals surface area contributed by atoms with Gasteiger partial charge in [-0.1, -0.05) is 0 Å². The number of fused-ring (bicyclic) bond motifs is 1. The average molecular weight is 313 g/mol. The first-order chi connectivity index (χ1) is 11.2. The third-order valence-corrected chi connectivity index (χ3v) is 3.93. The zero-order chi connectivity index (χ0) is 16.2. The number of carbonyl (C=O) groups is 1. The minimum absolute atomic E-state index is 0.0883. The molecular weight excluding hydrogens is 294 g/mol. The molecule has 6 nitrogen and oxygen atoms in total. The van der Waals surface area contributed by atoms with Crippen molar-refractivity contribution in [2.45, 2.75) is 32.2 Å². The second-order valence-electron chi connectivity index (χ2n) is 5.49. The molecular formula is C17H19N3O3. The number of ether oxygens (including phenoxy) is 1. The van der Waals surface area contributed by atoms with Crippen LogP contribution in [0.1, 0.15) is 47.4 Å². The van der Waals surface area contributed by atoms with E-state index in [4.69, 9.17) is 4.74 Å². The molecule has 1 atom stereocenters. The fourth-order valence-electron chi connectivity index (χ4n) is 2.84. The van der Waals surface area contributed by atoms with Gasteiger partial charge < -0.3 is 15.0 Å². The molecule has 120 valence electrons. The van der Waals surface area contributed by atoms with Crippen LogP contribution < -0.4 is 15.6 Å². The SMILES string of the molecule is CCOc1ccc(C(=O)NC2CCCc3[nH]c(=O)ccc32)cn1. The first-order valence-corrected chi connectivity index (χ1v) is 7.79. The molecule has 2 N–H and O–H groups in total. The van der Waals surface area contributed by atoms with Gasteiger partial charge in [0.2, 0.25) is 11.4 Å². The second-order valence-corrected chi connectivity index (χ2v) is 5.49. The Kier molecular flexibility index (Phi) is 4.41. The number of H-pyrrole nitrogens is 1. The van der Waals surface area contributed by atoms with Gasteiger partial charge >= 0.3 is 0 Å². The van der Waals surface area contributed by atoms with Gasteiger partial charge in [-0.25, -0.2) is 4.98 Å². The molecule has 2 heterocycles. The van der Waals surface area contributed by atoms with E-state index in [0.717, 1.165) is 30.5 Å². The first kappa shape index (κ1) is 15.3. The van der Waals surface area contributed by atoms with Crippen molar-refractivity contribution >= 4 is 5.91 Å². The molecule has 6 heteroatoms. The molecule has 0 saturated heterocycles. The van der Waals surface area contributed by atoms with Crippen LogP contribution in [-0.2, 0) is 6.42 Å². The fourth-order valence-corrected chi connectivity index (χ4v) is 2.84. The summed E-state index contributed by atoms with van der Waals surface area (Å²) < 4.78 is 5.27. The molecule has 0 bridgehead atoms. The molecule has 0 aliphatic heterocycles. The number of pyridine rings is 2. The Balaban J connectivity index is 1.75. The maximum atomic E-state index is 12.4. The predicted octanol–water partition coefficient (Wildman–Crippen LogP) is 1.98. The lowest BCUT2D eigenvalue weighted by molar-refractivity contribution is 0.0932. The highest BCUT2D eigenvalue weighted by Gasteiger charge is 2.23. The van der Waals surface area contributed by atoms with Gasteiger partial charge in [-0.3, -0.25) is 9.59 Å². The van der Waals surface area contributed by atoms with Crippen LogP contribution in [0, 0.1) is 0 Å². The molecule has 0 fully saturated rings. The Bertz CT molecular complexity index is 752. The predicted molar refractivity (Wildman–Crippen MR) is 85.6 cm³/mol. The Morgan fingerprint density at radius 3 is 3.00 bits per heavy atom. The van der Waals surface area contributed by atoms with Crippen molar-refractivity contribution in [1.29, 1.82) is 0 Å². The molecule has 0 aromatic carbocycles. The fraction of sp³-hybridized carbons (Fsp3) is 0.353. The van der Waals surface area contributed by atoms with E-state index in [-0.39, 0.29) is 17.5 Å². The average Bonchev–Trinajstić information content (AvgIpc) is 2.55. The number of aromatic amines is 1. The quantitative estimate of drug-likeness (QED) is 0.904. The maximum absolute atomic E-state index is 12.4. The Morgan fingerprint density at radius 1 is 1.39 bits per heavy atom. The topological polar surface area (TPSA) is 84.1 Å².